The lowest BCUT2D eigenvalue weighted by atomic mass is 10.2. The molecule has 0 amide bonds. The van der Waals surface area contributed by atoms with E-state index < -0.39 is 0 Å². The second-order valence-electron chi connectivity index (χ2n) is 4.69. The molecule has 2 heterocycles. The number of pyridine rings is 1. The van der Waals surface area contributed by atoms with Crippen LogP contribution in [0.5, 0.6) is 0 Å². The van der Waals surface area contributed by atoms with E-state index >= 15 is 0 Å². The normalized spacial score (nSPS) is 10.6. The van der Waals surface area contributed by atoms with Crippen molar-refractivity contribution < 1.29 is 0 Å². The molecule has 0 radical (unpaired) electrons. The van der Waals surface area contributed by atoms with Gasteiger partial charge in [0.1, 0.15) is 5.82 Å². The molecule has 5 heteroatoms. The molecule has 0 atom stereocenters. The van der Waals surface area contributed by atoms with Crippen LogP contribution in [-0.2, 0) is 0 Å². The summed E-state index contributed by atoms with van der Waals surface area (Å²) in [4.78, 5) is 11.2. The molecule has 1 N–H and O–H groups in total. The number of hydrogen-bond acceptors (Lipinski definition) is 5. The van der Waals surface area contributed by atoms with Crippen molar-refractivity contribution in [3.63, 3.8) is 0 Å². The van der Waals surface area contributed by atoms with Crippen LogP contribution < -0.4 is 5.32 Å². The summed E-state index contributed by atoms with van der Waals surface area (Å²) in [6.07, 6.45) is 1.79. The van der Waals surface area contributed by atoms with Crippen LogP contribution in [-0.4, -0.2) is 9.97 Å². The Balaban J connectivity index is 1.85. The number of benzene rings is 1. The Labute approximate surface area is 132 Å². The van der Waals surface area contributed by atoms with Gasteiger partial charge in [0, 0.05) is 16.5 Å². The Kier molecular flexibility index (Phi) is 4.22. The largest absolute Gasteiger partial charge is 0.315 e. The SMILES string of the molecule is Cc1cccc(Sc2cccnc2Nc2nc(C)cs2)c1. The number of rotatable bonds is 4. The number of aryl methyl sites for hydroxylation is 2. The van der Waals surface area contributed by atoms with E-state index in [0.29, 0.717) is 0 Å². The zero-order valence-corrected chi connectivity index (χ0v) is 13.5. The zero-order chi connectivity index (χ0) is 14.7. The first-order valence-corrected chi connectivity index (χ1v) is 8.29. The predicted molar refractivity (Wildman–Crippen MR) is 89.7 cm³/mol. The first-order valence-electron chi connectivity index (χ1n) is 6.59. The van der Waals surface area contributed by atoms with Gasteiger partial charge in [-0.3, -0.25) is 0 Å². The molecular formula is C16H15N3S2. The molecule has 0 saturated carbocycles. The third-order valence-electron chi connectivity index (χ3n) is 2.83. The number of nitrogens with one attached hydrogen (secondary N) is 1. The number of thiazole rings is 1. The van der Waals surface area contributed by atoms with Crippen LogP contribution in [0.15, 0.2) is 57.8 Å². The molecular weight excluding hydrogens is 298 g/mol. The molecule has 3 rings (SSSR count). The van der Waals surface area contributed by atoms with Crippen LogP contribution >= 0.6 is 23.1 Å². The van der Waals surface area contributed by atoms with Gasteiger partial charge in [-0.1, -0.05) is 29.5 Å². The van der Waals surface area contributed by atoms with Crippen LogP contribution in [0.3, 0.4) is 0 Å². The lowest BCUT2D eigenvalue weighted by molar-refractivity contribution is 1.20. The Bertz CT molecular complexity index is 753. The van der Waals surface area contributed by atoms with Crippen molar-refractivity contribution in [1.29, 1.82) is 0 Å². The Morgan fingerprint density at radius 3 is 2.81 bits per heavy atom. The van der Waals surface area contributed by atoms with Gasteiger partial charge in [-0.05, 0) is 38.1 Å². The minimum atomic E-state index is 0.846. The fourth-order valence-electron chi connectivity index (χ4n) is 1.89. The van der Waals surface area contributed by atoms with Crippen LogP contribution in [0.1, 0.15) is 11.3 Å². The lowest BCUT2D eigenvalue weighted by Crippen LogP contribution is -1.95. The standard InChI is InChI=1S/C16H15N3S2/c1-11-5-3-6-13(9-11)21-14-7-4-8-17-15(14)19-16-18-12(2)10-20-16/h3-10H,1-2H3,(H,17,18,19). The molecule has 0 aliphatic heterocycles. The molecule has 0 aliphatic carbocycles. The Hall–Kier alpha value is -1.85. The second kappa shape index (κ2) is 6.28. The maximum atomic E-state index is 4.44. The summed E-state index contributed by atoms with van der Waals surface area (Å²) < 4.78 is 0. The van der Waals surface area contributed by atoms with Gasteiger partial charge in [0.2, 0.25) is 0 Å². The number of hydrogen-bond donors (Lipinski definition) is 1. The van der Waals surface area contributed by atoms with Crippen LogP contribution in [0.2, 0.25) is 0 Å². The summed E-state index contributed by atoms with van der Waals surface area (Å²) in [6.45, 7) is 4.09. The highest BCUT2D eigenvalue weighted by molar-refractivity contribution is 7.99. The molecule has 0 unspecified atom stereocenters. The molecule has 21 heavy (non-hydrogen) atoms. The van der Waals surface area contributed by atoms with Gasteiger partial charge >= 0.3 is 0 Å². The summed E-state index contributed by atoms with van der Waals surface area (Å²) in [5.41, 5.74) is 2.28. The summed E-state index contributed by atoms with van der Waals surface area (Å²) in [6, 6.07) is 12.5. The Morgan fingerprint density at radius 1 is 1.14 bits per heavy atom. The van der Waals surface area contributed by atoms with E-state index in [2.05, 4.69) is 52.5 Å². The monoisotopic (exact) mass is 313 g/mol. The maximum absolute atomic E-state index is 4.44. The van der Waals surface area contributed by atoms with Crippen molar-refractivity contribution in [2.45, 2.75) is 23.6 Å². The predicted octanol–water partition coefficient (Wildman–Crippen LogP) is 5.05. The lowest BCUT2D eigenvalue weighted by Gasteiger charge is -2.08. The number of aromatic nitrogens is 2. The topological polar surface area (TPSA) is 37.8 Å². The van der Waals surface area contributed by atoms with Crippen LogP contribution in [0.25, 0.3) is 0 Å². The van der Waals surface area contributed by atoms with Crippen molar-refractivity contribution in [2.75, 3.05) is 5.32 Å². The average Bonchev–Trinajstić information content (AvgIpc) is 2.86. The van der Waals surface area contributed by atoms with Gasteiger partial charge in [0.25, 0.3) is 0 Å². The highest BCUT2D eigenvalue weighted by atomic mass is 32.2. The minimum absolute atomic E-state index is 0.846. The van der Waals surface area contributed by atoms with Crippen LogP contribution in [0.4, 0.5) is 10.9 Å². The highest BCUT2D eigenvalue weighted by Gasteiger charge is 2.07. The molecule has 0 spiro atoms. The third kappa shape index (κ3) is 3.62. The zero-order valence-electron chi connectivity index (χ0n) is 11.8. The van der Waals surface area contributed by atoms with Crippen molar-refractivity contribution in [3.05, 3.63) is 59.2 Å². The van der Waals surface area contributed by atoms with Crippen molar-refractivity contribution >= 4 is 34.0 Å². The molecule has 3 aromatic rings. The fourth-order valence-corrected chi connectivity index (χ4v) is 3.56. The van der Waals surface area contributed by atoms with Crippen molar-refractivity contribution in [2.24, 2.45) is 0 Å². The van der Waals surface area contributed by atoms with E-state index in [1.165, 1.54) is 10.5 Å². The van der Waals surface area contributed by atoms with E-state index in [4.69, 9.17) is 0 Å². The smallest absolute Gasteiger partial charge is 0.188 e. The van der Waals surface area contributed by atoms with Gasteiger partial charge < -0.3 is 5.32 Å². The van der Waals surface area contributed by atoms with E-state index in [1.54, 1.807) is 29.3 Å². The quantitative estimate of drug-likeness (QED) is 0.731. The second-order valence-corrected chi connectivity index (χ2v) is 6.66. The van der Waals surface area contributed by atoms with Crippen molar-refractivity contribution in [1.82, 2.24) is 9.97 Å². The molecule has 106 valence electrons. The molecule has 0 bridgehead atoms. The molecule has 1 aromatic carbocycles. The summed E-state index contributed by atoms with van der Waals surface area (Å²) in [5.74, 6) is 0.846. The van der Waals surface area contributed by atoms with Crippen LogP contribution in [0, 0.1) is 13.8 Å². The fraction of sp³-hybridized carbons (Fsp3) is 0.125. The summed E-state index contributed by atoms with van der Waals surface area (Å²) in [7, 11) is 0. The molecule has 2 aromatic heterocycles. The first kappa shape index (κ1) is 14.1. The third-order valence-corrected chi connectivity index (χ3v) is 4.75. The van der Waals surface area contributed by atoms with Gasteiger partial charge in [0.15, 0.2) is 5.13 Å². The average molecular weight is 313 g/mol. The Morgan fingerprint density at radius 2 is 2.05 bits per heavy atom. The minimum Gasteiger partial charge on any atom is -0.315 e. The summed E-state index contributed by atoms with van der Waals surface area (Å²) >= 11 is 3.30. The van der Waals surface area contributed by atoms with Gasteiger partial charge in [0.05, 0.1) is 10.6 Å². The first-order chi connectivity index (χ1) is 10.2. The maximum Gasteiger partial charge on any atom is 0.188 e. The highest BCUT2D eigenvalue weighted by Crippen LogP contribution is 2.34. The number of anilines is 2. The molecule has 0 fully saturated rings. The number of nitrogens with zero attached hydrogens (tertiary/aromatic N) is 2. The molecule has 0 aliphatic rings. The van der Waals surface area contributed by atoms with Gasteiger partial charge in [-0.2, -0.15) is 0 Å². The molecule has 3 nitrogen and oxygen atoms in total. The van der Waals surface area contributed by atoms with E-state index in [9.17, 15) is 0 Å². The summed E-state index contributed by atoms with van der Waals surface area (Å²) in [5, 5.41) is 6.20. The molecule has 0 saturated heterocycles. The van der Waals surface area contributed by atoms with Crippen molar-refractivity contribution in [3.8, 4) is 0 Å². The van der Waals surface area contributed by atoms with Gasteiger partial charge in [-0.25, -0.2) is 9.97 Å². The van der Waals surface area contributed by atoms with Gasteiger partial charge in [-0.15, -0.1) is 11.3 Å². The van der Waals surface area contributed by atoms with E-state index in [-0.39, 0.29) is 0 Å². The van der Waals surface area contributed by atoms with E-state index in [1.807, 2.05) is 18.4 Å². The van der Waals surface area contributed by atoms with E-state index in [0.717, 1.165) is 21.5 Å².